The van der Waals surface area contributed by atoms with E-state index in [1.165, 1.54) is 13.0 Å². The Hall–Kier alpha value is -2.94. The van der Waals surface area contributed by atoms with E-state index in [1.54, 1.807) is 28.6 Å². The number of rotatable bonds is 16. The number of nitrogens with two attached hydrogens (primary N) is 1. The predicted molar refractivity (Wildman–Crippen MR) is 154 cm³/mol. The van der Waals surface area contributed by atoms with E-state index in [2.05, 4.69) is 37.9 Å². The van der Waals surface area contributed by atoms with E-state index in [1.807, 2.05) is 0 Å². The molecule has 40 heavy (non-hydrogen) atoms. The molecular weight excluding hydrogens is 528 g/mol. The topological polar surface area (TPSA) is 149 Å². The van der Waals surface area contributed by atoms with Crippen LogP contribution in [0.3, 0.4) is 0 Å². The van der Waals surface area contributed by atoms with Gasteiger partial charge in [0.2, 0.25) is 10.0 Å². The van der Waals surface area contributed by atoms with Gasteiger partial charge >= 0.3 is 0 Å². The lowest BCUT2D eigenvalue weighted by Crippen LogP contribution is -2.51. The molecule has 0 bridgehead atoms. The number of nitriles is 1. The Morgan fingerprint density at radius 2 is 1.62 bits per heavy atom. The second-order valence-corrected chi connectivity index (χ2v) is 12.4. The summed E-state index contributed by atoms with van der Waals surface area (Å²) >= 11 is 0. The Labute approximate surface area is 239 Å². The Balaban J connectivity index is 2.42. The Kier molecular flexibility index (Phi) is 13.1. The maximum atomic E-state index is 14.0. The molecule has 10 nitrogen and oxygen atoms in total. The van der Waals surface area contributed by atoms with E-state index in [4.69, 9.17) is 5.84 Å². The Morgan fingerprint density at radius 3 is 2.12 bits per heavy atom. The highest BCUT2D eigenvalue weighted by Crippen LogP contribution is 2.28. The summed E-state index contributed by atoms with van der Waals surface area (Å²) in [6.45, 7) is 10.9. The van der Waals surface area contributed by atoms with E-state index >= 15 is 0 Å². The summed E-state index contributed by atoms with van der Waals surface area (Å²) in [5.41, 5.74) is 0.116. The number of unbranched alkanes of at least 4 members (excludes halogenated alkanes) is 2. The molecule has 0 spiro atoms. The van der Waals surface area contributed by atoms with Gasteiger partial charge in [-0.25, -0.2) is 19.3 Å². The van der Waals surface area contributed by atoms with Gasteiger partial charge in [-0.2, -0.15) is 19.8 Å². The van der Waals surface area contributed by atoms with E-state index in [-0.39, 0.29) is 33.6 Å². The van der Waals surface area contributed by atoms with Crippen molar-refractivity contribution in [1.82, 2.24) is 9.31 Å². The molecule has 220 valence electrons. The predicted octanol–water partition coefficient (Wildman–Crippen LogP) is 5.64. The van der Waals surface area contributed by atoms with Crippen LogP contribution in [0.15, 0.2) is 50.5 Å². The van der Waals surface area contributed by atoms with Crippen LogP contribution in [0.5, 0.6) is 0 Å². The van der Waals surface area contributed by atoms with Crippen LogP contribution in [0.25, 0.3) is 0 Å². The van der Waals surface area contributed by atoms with Crippen molar-refractivity contribution < 1.29 is 18.0 Å². The molecule has 2 amide bonds. The third kappa shape index (κ3) is 8.29. The van der Waals surface area contributed by atoms with Crippen molar-refractivity contribution in [1.29, 1.82) is 5.26 Å². The molecular formula is C29H44N6O4S. The molecule has 1 aromatic carbocycles. The largest absolute Gasteiger partial charge is 0.285 e. The van der Waals surface area contributed by atoms with Crippen LogP contribution in [-0.4, -0.2) is 48.7 Å². The van der Waals surface area contributed by atoms with Crippen molar-refractivity contribution in [3.8, 4) is 6.07 Å². The summed E-state index contributed by atoms with van der Waals surface area (Å²) in [5, 5.41) is 17.8. The highest BCUT2D eigenvalue weighted by atomic mass is 32.2. The second kappa shape index (κ2) is 15.7. The first-order valence-electron chi connectivity index (χ1n) is 14.3. The molecule has 3 atom stereocenters. The van der Waals surface area contributed by atoms with Crippen molar-refractivity contribution >= 4 is 27.5 Å². The van der Waals surface area contributed by atoms with Gasteiger partial charge in [0.05, 0.1) is 10.6 Å². The fraction of sp³-hybridized carbons (Fsp3) is 0.621. The first-order valence-corrected chi connectivity index (χ1v) is 15.7. The normalized spacial score (nSPS) is 18.1. The van der Waals surface area contributed by atoms with Crippen LogP contribution in [0.1, 0.15) is 86.0 Å². The number of azo groups is 1. The zero-order chi connectivity index (χ0) is 29.9. The van der Waals surface area contributed by atoms with Gasteiger partial charge in [-0.3, -0.25) is 9.59 Å². The van der Waals surface area contributed by atoms with E-state index in [9.17, 15) is 23.3 Å². The average molecular weight is 573 g/mol. The van der Waals surface area contributed by atoms with Crippen LogP contribution >= 0.6 is 0 Å². The smallest absolute Gasteiger partial charge is 0.270 e. The van der Waals surface area contributed by atoms with Crippen molar-refractivity contribution in [3.05, 3.63) is 35.4 Å². The molecule has 0 aromatic heterocycles. The van der Waals surface area contributed by atoms with Crippen LogP contribution < -0.4 is 5.84 Å². The molecule has 0 aliphatic carbocycles. The third-order valence-corrected chi connectivity index (χ3v) is 9.40. The average Bonchev–Trinajstić information content (AvgIpc) is 2.95. The molecule has 2 rings (SSSR count). The molecule has 1 aromatic rings. The number of benzene rings is 1. The fourth-order valence-electron chi connectivity index (χ4n) is 4.78. The minimum Gasteiger partial charge on any atom is -0.270 e. The molecule has 0 radical (unpaired) electrons. The van der Waals surface area contributed by atoms with Gasteiger partial charge < -0.3 is 0 Å². The number of hydrogen-bond acceptors (Lipinski definition) is 8. The molecule has 1 aliphatic heterocycles. The number of carbonyl (C=O) groups is 2. The van der Waals surface area contributed by atoms with Crippen LogP contribution in [0, 0.1) is 23.2 Å². The van der Waals surface area contributed by atoms with Crippen LogP contribution in [-0.2, 0) is 19.6 Å². The quantitative estimate of drug-likeness (QED) is 0.117. The summed E-state index contributed by atoms with van der Waals surface area (Å²) in [7, 11) is -3.84. The lowest BCUT2D eigenvalue weighted by atomic mass is 9.97. The molecule has 2 N–H and O–H groups in total. The summed E-state index contributed by atoms with van der Waals surface area (Å²) in [4.78, 5) is 24.7. The lowest BCUT2D eigenvalue weighted by molar-refractivity contribution is -0.144. The number of sulfonamides is 1. The van der Waals surface area contributed by atoms with Gasteiger partial charge in [0.1, 0.15) is 11.6 Å². The Morgan fingerprint density at radius 1 is 1.05 bits per heavy atom. The molecule has 3 unspecified atom stereocenters. The number of amides is 2. The van der Waals surface area contributed by atoms with E-state index < -0.39 is 27.9 Å². The zero-order valence-electron chi connectivity index (χ0n) is 24.5. The summed E-state index contributed by atoms with van der Waals surface area (Å²) in [5.74, 6) is 4.39. The number of carbonyl (C=O) groups excluding carboxylic acids is 2. The van der Waals surface area contributed by atoms with Gasteiger partial charge in [-0.05, 0) is 55.4 Å². The summed E-state index contributed by atoms with van der Waals surface area (Å²) in [6.07, 6.45) is 8.01. The summed E-state index contributed by atoms with van der Waals surface area (Å²) < 4.78 is 29.6. The maximum Gasteiger partial charge on any atom is 0.285 e. The van der Waals surface area contributed by atoms with Gasteiger partial charge in [0.15, 0.2) is 6.04 Å². The highest BCUT2D eigenvalue weighted by molar-refractivity contribution is 7.89. The minimum absolute atomic E-state index is 0.107. The number of imide groups is 1. The SMILES string of the molecule is CCCCC(CC)CN(CC(CC)CCCC)S(=O)(=O)c1cccc(N=NC2C(=O)N(N)C(=O)C(C#N)=C2C)c1. The maximum absolute atomic E-state index is 14.0. The van der Waals surface area contributed by atoms with Gasteiger partial charge in [0.25, 0.3) is 11.8 Å². The minimum atomic E-state index is -3.84. The molecule has 1 aliphatic rings. The molecule has 1 heterocycles. The molecule has 0 saturated heterocycles. The summed E-state index contributed by atoms with van der Waals surface area (Å²) in [6, 6.07) is 6.67. The van der Waals surface area contributed by atoms with Gasteiger partial charge in [-0.15, -0.1) is 0 Å². The first kappa shape index (κ1) is 33.3. The third-order valence-electron chi connectivity index (χ3n) is 7.57. The van der Waals surface area contributed by atoms with Crippen molar-refractivity contribution in [2.24, 2.45) is 27.9 Å². The van der Waals surface area contributed by atoms with Crippen molar-refractivity contribution in [2.75, 3.05) is 13.1 Å². The van der Waals surface area contributed by atoms with Crippen LogP contribution in [0.2, 0.25) is 0 Å². The second-order valence-electron chi connectivity index (χ2n) is 10.5. The van der Waals surface area contributed by atoms with E-state index in [0.717, 1.165) is 51.4 Å². The Bertz CT molecular complexity index is 1220. The van der Waals surface area contributed by atoms with Crippen LogP contribution in [0.4, 0.5) is 5.69 Å². The van der Waals surface area contributed by atoms with E-state index in [0.29, 0.717) is 18.1 Å². The number of nitrogens with zero attached hydrogens (tertiary/aromatic N) is 5. The highest BCUT2D eigenvalue weighted by Gasteiger charge is 2.38. The monoisotopic (exact) mass is 572 g/mol. The van der Waals surface area contributed by atoms with Gasteiger partial charge in [-0.1, -0.05) is 72.3 Å². The zero-order valence-corrected chi connectivity index (χ0v) is 25.3. The number of hydrogen-bond donors (Lipinski definition) is 1. The van der Waals surface area contributed by atoms with Gasteiger partial charge in [0, 0.05) is 13.1 Å². The molecule has 0 saturated carbocycles. The lowest BCUT2D eigenvalue weighted by Gasteiger charge is -2.30. The molecule has 11 heteroatoms. The standard InChI is InChI=1S/C29H44N6O4S/c1-6-10-13-22(8-3)19-34(20-23(9-4)14-11-7-2)40(38,39)25-16-12-15-24(17-25)32-33-27-21(5)26(18-30)28(36)35(31)29(27)37/h12,15-17,22-23,27H,6-11,13-14,19-20,31H2,1-5H3. The number of hydrazine groups is 1. The fourth-order valence-corrected chi connectivity index (χ4v) is 6.41. The van der Waals surface area contributed by atoms with Crippen molar-refractivity contribution in [2.45, 2.75) is 96.9 Å². The molecule has 0 fully saturated rings. The first-order chi connectivity index (χ1) is 19.0. The van der Waals surface area contributed by atoms with Crippen molar-refractivity contribution in [3.63, 3.8) is 0 Å².